The van der Waals surface area contributed by atoms with E-state index in [4.69, 9.17) is 18.9 Å². The highest BCUT2D eigenvalue weighted by molar-refractivity contribution is 5.77. The molecule has 16 atom stereocenters. The molecule has 0 spiro atoms. The molecule has 4 saturated carbocycles. The lowest BCUT2D eigenvalue weighted by Crippen LogP contribution is -2.53. The topological polar surface area (TPSA) is 108 Å². The summed E-state index contributed by atoms with van der Waals surface area (Å²) in [5.74, 6) is -0.961. The fraction of sp³-hybridized carbons (Fsp3) is 0.839. The Morgan fingerprint density at radius 3 is 2.46 bits per heavy atom. The molecule has 212 valence electrons. The van der Waals surface area contributed by atoms with E-state index >= 15 is 0 Å². The Hall–Kier alpha value is -1.93. The molecule has 0 amide bonds. The molecule has 0 unspecified atom stereocenters. The number of carbonyl (C=O) groups excluding carboxylic acids is 3. The largest absolute Gasteiger partial charge is 0.462 e. The van der Waals surface area contributed by atoms with Crippen LogP contribution in [0.1, 0.15) is 67.2 Å². The lowest BCUT2D eigenvalue weighted by molar-refractivity contribution is -0.167. The van der Waals surface area contributed by atoms with Gasteiger partial charge in [-0.25, -0.2) is 0 Å². The minimum Gasteiger partial charge on any atom is -0.462 e. The van der Waals surface area contributed by atoms with Gasteiger partial charge in [-0.2, -0.15) is 0 Å². The van der Waals surface area contributed by atoms with E-state index in [0.29, 0.717) is 5.92 Å². The zero-order chi connectivity index (χ0) is 27.5. The van der Waals surface area contributed by atoms with Crippen LogP contribution in [0.15, 0.2) is 11.1 Å². The molecule has 3 heterocycles. The van der Waals surface area contributed by atoms with Gasteiger partial charge < -0.3 is 24.1 Å². The number of esters is 3. The summed E-state index contributed by atoms with van der Waals surface area (Å²) in [6.07, 6.45) is 1.68. The molecule has 8 nitrogen and oxygen atoms in total. The van der Waals surface area contributed by atoms with E-state index in [1.54, 1.807) is 0 Å². The first kappa shape index (κ1) is 24.8. The summed E-state index contributed by atoms with van der Waals surface area (Å²) in [4.78, 5) is 38.2. The van der Waals surface area contributed by atoms with Crippen molar-refractivity contribution in [2.45, 2.75) is 103 Å². The van der Waals surface area contributed by atoms with Crippen LogP contribution in [0.5, 0.6) is 0 Å². The van der Waals surface area contributed by atoms with Gasteiger partial charge in [0.25, 0.3) is 0 Å². The molecular formula is C31H40O8. The number of ether oxygens (including phenoxy) is 4. The first-order valence-electron chi connectivity index (χ1n) is 15.0. The Morgan fingerprint density at radius 2 is 1.74 bits per heavy atom. The quantitative estimate of drug-likeness (QED) is 0.307. The van der Waals surface area contributed by atoms with Crippen LogP contribution in [0.2, 0.25) is 0 Å². The maximum absolute atomic E-state index is 13.0. The number of hydrogen-bond acceptors (Lipinski definition) is 8. The van der Waals surface area contributed by atoms with Crippen molar-refractivity contribution in [3.8, 4) is 0 Å². The predicted molar refractivity (Wildman–Crippen MR) is 136 cm³/mol. The van der Waals surface area contributed by atoms with Crippen LogP contribution in [-0.2, 0) is 33.3 Å². The van der Waals surface area contributed by atoms with Crippen molar-refractivity contribution in [2.75, 3.05) is 0 Å². The predicted octanol–water partition coefficient (Wildman–Crippen LogP) is 3.19. The van der Waals surface area contributed by atoms with Gasteiger partial charge in [0.15, 0.2) is 0 Å². The van der Waals surface area contributed by atoms with Crippen LogP contribution in [0, 0.1) is 58.7 Å². The third-order valence-electron chi connectivity index (χ3n) is 13.1. The van der Waals surface area contributed by atoms with Gasteiger partial charge in [0.2, 0.25) is 0 Å². The summed E-state index contributed by atoms with van der Waals surface area (Å²) in [5, 5.41) is 12.3. The second-order valence-electron chi connectivity index (χ2n) is 14.7. The number of rotatable bonds is 1. The molecule has 5 bridgehead atoms. The molecular weight excluding hydrogens is 500 g/mol. The van der Waals surface area contributed by atoms with Crippen LogP contribution in [0.25, 0.3) is 0 Å². The monoisotopic (exact) mass is 540 g/mol. The highest BCUT2D eigenvalue weighted by Crippen LogP contribution is 2.82. The zero-order valence-electron chi connectivity index (χ0n) is 23.6. The third-order valence-corrected chi connectivity index (χ3v) is 13.1. The van der Waals surface area contributed by atoms with Crippen molar-refractivity contribution in [1.29, 1.82) is 0 Å². The van der Waals surface area contributed by atoms with E-state index in [1.165, 1.54) is 12.5 Å². The SMILES string of the molecule is CC(=O)O[C@@H]1C[C@](C)(O)[C@H]2C(=C(C)[C@H]3[C@@H]2[C@H]2C[C@@H]4O[C@@]5(C)CC[C@@H]6[C@H](C)C(=O)O[C@@H]6[C@]43[C@@H]25)[C@H]2OC(=O)[C@@H](C)[C@@H]21. The molecule has 39 heavy (non-hydrogen) atoms. The highest BCUT2D eigenvalue weighted by atomic mass is 16.6. The van der Waals surface area contributed by atoms with E-state index in [0.717, 1.165) is 24.8 Å². The molecule has 8 aliphatic rings. The van der Waals surface area contributed by atoms with E-state index < -0.39 is 29.7 Å². The van der Waals surface area contributed by atoms with Crippen molar-refractivity contribution in [3.05, 3.63) is 11.1 Å². The van der Waals surface area contributed by atoms with Gasteiger partial charge in [0.1, 0.15) is 18.3 Å². The second kappa shape index (κ2) is 7.28. The number of hydrogen-bond donors (Lipinski definition) is 1. The van der Waals surface area contributed by atoms with Gasteiger partial charge in [-0.3, -0.25) is 14.4 Å². The standard InChI is InChI=1S/C31H40O8/c1-11-15-7-8-30(6)25-16-9-18(39-30)31(25,26(15)38-27(11)33)22-12(2)20-23(21(16)22)29(5,35)10-17(36-14(4)32)19-13(3)28(34)37-24(19)20/h11,13,15-19,21-26,35H,7-10H2,1-6H3/t11-,13-,15+,16+,17+,18-,19+,21-,22-,23-,24-,25-,26-,29-,30-,31+/m0/s1. The van der Waals surface area contributed by atoms with E-state index in [2.05, 4.69) is 13.8 Å². The normalized spacial score (nSPS) is 59.7. The summed E-state index contributed by atoms with van der Waals surface area (Å²) >= 11 is 0. The van der Waals surface area contributed by atoms with Crippen molar-refractivity contribution < 1.29 is 38.4 Å². The average Bonchev–Trinajstić information content (AvgIpc) is 3.59. The van der Waals surface area contributed by atoms with Gasteiger partial charge in [-0.05, 0) is 63.4 Å². The minimum atomic E-state index is -1.15. The molecule has 0 radical (unpaired) electrons. The second-order valence-corrected chi connectivity index (χ2v) is 14.7. The van der Waals surface area contributed by atoms with Crippen LogP contribution < -0.4 is 0 Å². The molecule has 0 aromatic rings. The number of allylic oxidation sites excluding steroid dienone is 1. The average molecular weight is 541 g/mol. The molecule has 1 N–H and O–H groups in total. The molecule has 7 fully saturated rings. The van der Waals surface area contributed by atoms with Gasteiger partial charge in [0, 0.05) is 36.5 Å². The maximum Gasteiger partial charge on any atom is 0.309 e. The molecule has 3 saturated heterocycles. The summed E-state index contributed by atoms with van der Waals surface area (Å²) in [6.45, 7) is 11.6. The summed E-state index contributed by atoms with van der Waals surface area (Å²) in [7, 11) is 0. The minimum absolute atomic E-state index is 0.0159. The fourth-order valence-electron chi connectivity index (χ4n) is 12.3. The Kier molecular flexibility index (Phi) is 4.63. The molecule has 5 aliphatic carbocycles. The summed E-state index contributed by atoms with van der Waals surface area (Å²) in [6, 6.07) is 0. The van der Waals surface area contributed by atoms with Crippen LogP contribution in [0.3, 0.4) is 0 Å². The smallest absolute Gasteiger partial charge is 0.309 e. The first-order chi connectivity index (χ1) is 18.3. The van der Waals surface area contributed by atoms with E-state index in [1.807, 2.05) is 20.8 Å². The van der Waals surface area contributed by atoms with Crippen LogP contribution >= 0.6 is 0 Å². The van der Waals surface area contributed by atoms with Gasteiger partial charge in [-0.1, -0.05) is 19.4 Å². The van der Waals surface area contributed by atoms with Crippen molar-refractivity contribution >= 4 is 17.9 Å². The van der Waals surface area contributed by atoms with Crippen LogP contribution in [-0.4, -0.2) is 58.6 Å². The van der Waals surface area contributed by atoms with Gasteiger partial charge in [0.05, 0.1) is 35.1 Å². The molecule has 8 rings (SSSR count). The van der Waals surface area contributed by atoms with Crippen LogP contribution in [0.4, 0.5) is 0 Å². The Balaban J connectivity index is 1.33. The molecule has 3 aliphatic heterocycles. The Labute approximate surface area is 229 Å². The van der Waals surface area contributed by atoms with Crippen molar-refractivity contribution in [2.24, 2.45) is 58.7 Å². The van der Waals surface area contributed by atoms with E-state index in [-0.39, 0.29) is 83.0 Å². The first-order valence-corrected chi connectivity index (χ1v) is 15.0. The summed E-state index contributed by atoms with van der Waals surface area (Å²) in [5.41, 5.74) is 0.439. The van der Waals surface area contributed by atoms with Crippen molar-refractivity contribution in [3.63, 3.8) is 0 Å². The summed E-state index contributed by atoms with van der Waals surface area (Å²) < 4.78 is 25.2. The highest BCUT2D eigenvalue weighted by Gasteiger charge is 2.85. The molecule has 0 aromatic heterocycles. The van der Waals surface area contributed by atoms with Crippen molar-refractivity contribution in [1.82, 2.24) is 0 Å². The lowest BCUT2D eigenvalue weighted by atomic mass is 9.59. The molecule has 8 heteroatoms. The number of carbonyl (C=O) groups is 3. The lowest BCUT2D eigenvalue weighted by Gasteiger charge is -2.48. The number of aliphatic hydroxyl groups is 1. The fourth-order valence-corrected chi connectivity index (χ4v) is 12.3. The van der Waals surface area contributed by atoms with Gasteiger partial charge >= 0.3 is 17.9 Å². The number of fused-ring (bicyclic) bond motifs is 7. The van der Waals surface area contributed by atoms with E-state index in [9.17, 15) is 19.5 Å². The molecule has 0 aromatic carbocycles. The van der Waals surface area contributed by atoms with Gasteiger partial charge in [-0.15, -0.1) is 0 Å². The zero-order valence-corrected chi connectivity index (χ0v) is 23.6. The third kappa shape index (κ3) is 2.63. The maximum atomic E-state index is 13.0. The Bertz CT molecular complexity index is 1240. The Morgan fingerprint density at radius 1 is 1.03 bits per heavy atom.